The predicted molar refractivity (Wildman–Crippen MR) is 126 cm³/mol. The number of hydrogen-bond donors (Lipinski definition) is 3. The van der Waals surface area contributed by atoms with Crippen molar-refractivity contribution in [3.05, 3.63) is 81.7 Å². The summed E-state index contributed by atoms with van der Waals surface area (Å²) in [5.74, 6) is -0.0350. The molecule has 29 heavy (non-hydrogen) atoms. The zero-order valence-corrected chi connectivity index (χ0v) is 18.3. The van der Waals surface area contributed by atoms with Gasteiger partial charge in [-0.05, 0) is 95.5 Å². The smallest absolute Gasteiger partial charge is 0.255 e. The molecular weight excluding hydrogens is 504 g/mol. The van der Waals surface area contributed by atoms with E-state index in [4.69, 9.17) is 17.0 Å². The molecule has 0 aromatic heterocycles. The SMILES string of the molecule is COc1ccc(NC(=S)Nc2ccc(NC(=O)c3cccc(F)c3)cc2)cc1I. The van der Waals surface area contributed by atoms with Gasteiger partial charge < -0.3 is 20.7 Å². The van der Waals surface area contributed by atoms with E-state index in [0.717, 1.165) is 20.7 Å². The molecule has 1 amide bonds. The zero-order chi connectivity index (χ0) is 20.8. The molecule has 5 nitrogen and oxygen atoms in total. The van der Waals surface area contributed by atoms with E-state index < -0.39 is 5.82 Å². The fourth-order valence-electron chi connectivity index (χ4n) is 2.51. The standard InChI is InChI=1S/C21H17FIN3O2S/c1-28-19-10-9-17(12-18(19)23)26-21(29)25-16-7-5-15(6-8-16)24-20(27)13-3-2-4-14(22)11-13/h2-12H,1H3,(H,24,27)(H2,25,26,29). The van der Waals surface area contributed by atoms with Crippen LogP contribution in [-0.2, 0) is 0 Å². The van der Waals surface area contributed by atoms with Gasteiger partial charge >= 0.3 is 0 Å². The molecule has 0 saturated carbocycles. The van der Waals surface area contributed by atoms with E-state index in [2.05, 4.69) is 38.5 Å². The van der Waals surface area contributed by atoms with E-state index >= 15 is 0 Å². The highest BCUT2D eigenvalue weighted by Crippen LogP contribution is 2.24. The number of carbonyl (C=O) groups excluding carboxylic acids is 1. The Morgan fingerprint density at radius 2 is 1.55 bits per heavy atom. The monoisotopic (exact) mass is 521 g/mol. The van der Waals surface area contributed by atoms with Crippen molar-refractivity contribution in [2.24, 2.45) is 0 Å². The molecular formula is C21H17FIN3O2S. The van der Waals surface area contributed by atoms with Crippen LogP contribution in [0.5, 0.6) is 5.75 Å². The van der Waals surface area contributed by atoms with Gasteiger partial charge in [0.2, 0.25) is 0 Å². The minimum Gasteiger partial charge on any atom is -0.496 e. The average Bonchev–Trinajstić information content (AvgIpc) is 2.69. The number of ether oxygens (including phenoxy) is 1. The van der Waals surface area contributed by atoms with Crippen molar-refractivity contribution >= 4 is 62.9 Å². The first-order valence-corrected chi connectivity index (χ1v) is 10.0. The Balaban J connectivity index is 1.58. The quantitative estimate of drug-likeness (QED) is 0.306. The van der Waals surface area contributed by atoms with Crippen molar-refractivity contribution in [1.82, 2.24) is 0 Å². The van der Waals surface area contributed by atoms with Crippen LogP contribution in [0.15, 0.2) is 66.7 Å². The summed E-state index contributed by atoms with van der Waals surface area (Å²) in [7, 11) is 1.63. The summed E-state index contributed by atoms with van der Waals surface area (Å²) in [5.41, 5.74) is 2.45. The number of thiocarbonyl (C=S) groups is 1. The molecule has 0 aliphatic rings. The van der Waals surface area contributed by atoms with Gasteiger partial charge in [-0.3, -0.25) is 4.79 Å². The number of halogens is 2. The van der Waals surface area contributed by atoms with E-state index in [1.165, 1.54) is 18.2 Å². The van der Waals surface area contributed by atoms with Gasteiger partial charge in [-0.1, -0.05) is 6.07 Å². The van der Waals surface area contributed by atoms with E-state index in [1.807, 2.05) is 18.2 Å². The summed E-state index contributed by atoms with van der Waals surface area (Å²) in [5, 5.41) is 9.35. The second-order valence-corrected chi connectivity index (χ2v) is 7.54. The van der Waals surface area contributed by atoms with Gasteiger partial charge in [0, 0.05) is 22.6 Å². The molecule has 0 spiro atoms. The third-order valence-electron chi connectivity index (χ3n) is 3.90. The number of amides is 1. The molecule has 0 unspecified atom stereocenters. The van der Waals surface area contributed by atoms with Crippen LogP contribution in [-0.4, -0.2) is 18.1 Å². The second-order valence-electron chi connectivity index (χ2n) is 5.97. The number of carbonyl (C=O) groups is 1. The van der Waals surface area contributed by atoms with Gasteiger partial charge in [0.15, 0.2) is 5.11 Å². The van der Waals surface area contributed by atoms with Crippen LogP contribution in [0.3, 0.4) is 0 Å². The Hall–Kier alpha value is -2.72. The highest BCUT2D eigenvalue weighted by molar-refractivity contribution is 14.1. The lowest BCUT2D eigenvalue weighted by Gasteiger charge is -2.12. The highest BCUT2D eigenvalue weighted by atomic mass is 127. The van der Waals surface area contributed by atoms with Crippen LogP contribution >= 0.6 is 34.8 Å². The predicted octanol–water partition coefficient (Wildman–Crippen LogP) is 5.50. The van der Waals surface area contributed by atoms with Gasteiger partial charge in [0.25, 0.3) is 5.91 Å². The summed E-state index contributed by atoms with van der Waals surface area (Å²) in [6, 6.07) is 18.2. The lowest BCUT2D eigenvalue weighted by atomic mass is 10.2. The molecule has 3 aromatic rings. The van der Waals surface area contributed by atoms with Crippen LogP contribution in [0.2, 0.25) is 0 Å². The largest absolute Gasteiger partial charge is 0.496 e. The lowest BCUT2D eigenvalue weighted by Crippen LogP contribution is -2.19. The first-order valence-electron chi connectivity index (χ1n) is 8.53. The maximum absolute atomic E-state index is 13.2. The number of anilines is 3. The third-order valence-corrected chi connectivity index (χ3v) is 4.94. The summed E-state index contributed by atoms with van der Waals surface area (Å²) in [6.07, 6.45) is 0. The number of rotatable bonds is 5. The Labute approximate surface area is 186 Å². The first-order chi connectivity index (χ1) is 13.9. The van der Waals surface area contributed by atoms with Crippen LogP contribution in [0.25, 0.3) is 0 Å². The first kappa shape index (κ1) is 21.0. The van der Waals surface area contributed by atoms with Crippen molar-refractivity contribution in [2.75, 3.05) is 23.1 Å². The van der Waals surface area contributed by atoms with E-state index in [0.29, 0.717) is 10.8 Å². The molecule has 0 atom stereocenters. The Kier molecular flexibility index (Phi) is 6.99. The zero-order valence-electron chi connectivity index (χ0n) is 15.3. The van der Waals surface area contributed by atoms with E-state index in [-0.39, 0.29) is 11.5 Å². The van der Waals surface area contributed by atoms with Gasteiger partial charge in [0.05, 0.1) is 10.7 Å². The average molecular weight is 521 g/mol. The van der Waals surface area contributed by atoms with Gasteiger partial charge in [-0.25, -0.2) is 4.39 Å². The molecule has 0 bridgehead atoms. The molecule has 0 aliphatic heterocycles. The number of hydrogen-bond acceptors (Lipinski definition) is 3. The van der Waals surface area contributed by atoms with Crippen LogP contribution in [0, 0.1) is 9.39 Å². The maximum Gasteiger partial charge on any atom is 0.255 e. The normalized spacial score (nSPS) is 10.2. The lowest BCUT2D eigenvalue weighted by molar-refractivity contribution is 0.102. The minimum atomic E-state index is -0.454. The molecule has 148 valence electrons. The van der Waals surface area contributed by atoms with Crippen molar-refractivity contribution < 1.29 is 13.9 Å². The van der Waals surface area contributed by atoms with Gasteiger partial charge in [-0.2, -0.15) is 0 Å². The number of nitrogens with one attached hydrogen (secondary N) is 3. The summed E-state index contributed by atoms with van der Waals surface area (Å²) >= 11 is 7.53. The Morgan fingerprint density at radius 1 is 0.931 bits per heavy atom. The van der Waals surface area contributed by atoms with Crippen molar-refractivity contribution in [3.63, 3.8) is 0 Å². The van der Waals surface area contributed by atoms with Gasteiger partial charge in [-0.15, -0.1) is 0 Å². The Morgan fingerprint density at radius 3 is 2.17 bits per heavy atom. The van der Waals surface area contributed by atoms with Crippen molar-refractivity contribution in [1.29, 1.82) is 0 Å². The van der Waals surface area contributed by atoms with Crippen LogP contribution < -0.4 is 20.7 Å². The summed E-state index contributed by atoms with van der Waals surface area (Å²) < 4.78 is 19.5. The van der Waals surface area contributed by atoms with Gasteiger partial charge in [0.1, 0.15) is 11.6 Å². The third kappa shape index (κ3) is 5.88. The van der Waals surface area contributed by atoms with E-state index in [1.54, 1.807) is 37.4 Å². The highest BCUT2D eigenvalue weighted by Gasteiger charge is 2.07. The van der Waals surface area contributed by atoms with Crippen LogP contribution in [0.4, 0.5) is 21.5 Å². The number of methoxy groups -OCH3 is 1. The molecule has 0 heterocycles. The minimum absolute atomic E-state index is 0.256. The molecule has 3 aromatic carbocycles. The second kappa shape index (κ2) is 9.66. The molecule has 0 saturated heterocycles. The van der Waals surface area contributed by atoms with Crippen molar-refractivity contribution in [2.45, 2.75) is 0 Å². The molecule has 0 fully saturated rings. The Bertz CT molecular complexity index is 1040. The summed E-state index contributed by atoms with van der Waals surface area (Å²) in [4.78, 5) is 12.2. The fourth-order valence-corrected chi connectivity index (χ4v) is 3.48. The molecule has 3 rings (SSSR count). The van der Waals surface area contributed by atoms with Crippen LogP contribution in [0.1, 0.15) is 10.4 Å². The number of benzene rings is 3. The molecule has 0 radical (unpaired) electrons. The molecule has 3 N–H and O–H groups in total. The van der Waals surface area contributed by atoms with Crippen molar-refractivity contribution in [3.8, 4) is 5.75 Å². The van der Waals surface area contributed by atoms with E-state index in [9.17, 15) is 9.18 Å². The maximum atomic E-state index is 13.2. The topological polar surface area (TPSA) is 62.4 Å². The molecule has 8 heteroatoms. The molecule has 0 aliphatic carbocycles. The fraction of sp³-hybridized carbons (Fsp3) is 0.0476. The summed E-state index contributed by atoms with van der Waals surface area (Å²) in [6.45, 7) is 0.